The minimum Gasteiger partial charge on any atom is -0.326 e. The van der Waals surface area contributed by atoms with Crippen molar-refractivity contribution in [1.82, 2.24) is 0 Å². The third-order valence-corrected chi connectivity index (χ3v) is 3.96. The van der Waals surface area contributed by atoms with E-state index in [2.05, 4.69) is 22.8 Å². The van der Waals surface area contributed by atoms with Crippen LogP contribution in [-0.4, -0.2) is 11.8 Å². The van der Waals surface area contributed by atoms with Gasteiger partial charge in [-0.25, -0.2) is 0 Å². The van der Waals surface area contributed by atoms with Crippen molar-refractivity contribution >= 4 is 23.2 Å². The minimum absolute atomic E-state index is 0.128. The molecule has 0 bridgehead atoms. The molecule has 130 valence electrons. The molecule has 3 aromatic rings. The van der Waals surface area contributed by atoms with Gasteiger partial charge in [0.15, 0.2) is 0 Å². The van der Waals surface area contributed by atoms with Crippen LogP contribution in [0.3, 0.4) is 0 Å². The van der Waals surface area contributed by atoms with Crippen molar-refractivity contribution in [3.63, 3.8) is 0 Å². The van der Waals surface area contributed by atoms with E-state index in [1.165, 1.54) is 6.92 Å². The molecule has 2 amide bonds. The van der Waals surface area contributed by atoms with Crippen LogP contribution in [0.1, 0.15) is 28.4 Å². The fourth-order valence-electron chi connectivity index (χ4n) is 2.75. The molecule has 0 aliphatic carbocycles. The Balaban J connectivity index is 1.75. The molecule has 0 aliphatic heterocycles. The first-order valence-corrected chi connectivity index (χ1v) is 8.42. The van der Waals surface area contributed by atoms with Crippen LogP contribution in [0.2, 0.25) is 0 Å². The Morgan fingerprint density at radius 3 is 1.96 bits per heavy atom. The van der Waals surface area contributed by atoms with Crippen LogP contribution < -0.4 is 10.6 Å². The maximum atomic E-state index is 12.7. The predicted octanol–water partition coefficient (Wildman–Crippen LogP) is 4.49. The highest BCUT2D eigenvalue weighted by Gasteiger charge is 2.11. The monoisotopic (exact) mass is 344 g/mol. The van der Waals surface area contributed by atoms with Crippen LogP contribution in [0.15, 0.2) is 78.9 Å². The number of hydrogen-bond donors (Lipinski definition) is 2. The molecule has 0 saturated heterocycles. The zero-order valence-corrected chi connectivity index (χ0v) is 14.5. The number of amides is 2. The molecule has 26 heavy (non-hydrogen) atoms. The Hall–Kier alpha value is -3.40. The van der Waals surface area contributed by atoms with Gasteiger partial charge >= 0.3 is 0 Å². The zero-order valence-electron chi connectivity index (χ0n) is 14.5. The second kappa shape index (κ2) is 8.12. The lowest BCUT2D eigenvalue weighted by molar-refractivity contribution is -0.114. The van der Waals surface area contributed by atoms with Crippen molar-refractivity contribution < 1.29 is 9.59 Å². The van der Waals surface area contributed by atoms with Crippen LogP contribution in [0, 0.1) is 0 Å². The van der Waals surface area contributed by atoms with E-state index in [-0.39, 0.29) is 11.8 Å². The van der Waals surface area contributed by atoms with Gasteiger partial charge in [0, 0.05) is 23.9 Å². The quantitative estimate of drug-likeness (QED) is 0.716. The summed E-state index contributed by atoms with van der Waals surface area (Å²) in [4.78, 5) is 23.8. The first-order chi connectivity index (χ1) is 12.6. The van der Waals surface area contributed by atoms with Crippen LogP contribution in [0.5, 0.6) is 0 Å². The Morgan fingerprint density at radius 2 is 1.31 bits per heavy atom. The predicted molar refractivity (Wildman–Crippen MR) is 104 cm³/mol. The smallest absolute Gasteiger partial charge is 0.255 e. The summed E-state index contributed by atoms with van der Waals surface area (Å²) in [6, 6.07) is 24.7. The van der Waals surface area contributed by atoms with Gasteiger partial charge in [-0.05, 0) is 47.9 Å². The van der Waals surface area contributed by atoms with E-state index in [4.69, 9.17) is 0 Å². The Labute approximate surface area is 152 Å². The number of carbonyl (C=O) groups is 2. The molecule has 4 nitrogen and oxygen atoms in total. The summed E-state index contributed by atoms with van der Waals surface area (Å²) in [5.41, 5.74) is 4.17. The van der Waals surface area contributed by atoms with Crippen LogP contribution in [-0.2, 0) is 11.2 Å². The maximum Gasteiger partial charge on any atom is 0.255 e. The van der Waals surface area contributed by atoms with Crippen molar-refractivity contribution in [1.29, 1.82) is 0 Å². The Morgan fingerprint density at radius 1 is 0.731 bits per heavy atom. The van der Waals surface area contributed by atoms with E-state index in [9.17, 15) is 9.59 Å². The first kappa shape index (κ1) is 17.4. The summed E-state index contributed by atoms with van der Waals surface area (Å²) >= 11 is 0. The highest BCUT2D eigenvalue weighted by molar-refractivity contribution is 6.05. The highest BCUT2D eigenvalue weighted by Crippen LogP contribution is 2.18. The summed E-state index contributed by atoms with van der Waals surface area (Å²) in [5, 5.41) is 5.62. The van der Waals surface area contributed by atoms with Gasteiger partial charge in [0.25, 0.3) is 5.91 Å². The molecule has 4 heteroatoms. The van der Waals surface area contributed by atoms with Crippen LogP contribution in [0.4, 0.5) is 11.4 Å². The largest absolute Gasteiger partial charge is 0.326 e. The Bertz CT molecular complexity index is 903. The molecule has 0 aliphatic rings. The van der Waals surface area contributed by atoms with Gasteiger partial charge in [-0.2, -0.15) is 0 Å². The van der Waals surface area contributed by atoms with E-state index >= 15 is 0 Å². The third kappa shape index (κ3) is 4.57. The average Bonchev–Trinajstić information content (AvgIpc) is 2.64. The van der Waals surface area contributed by atoms with Gasteiger partial charge in [-0.1, -0.05) is 48.5 Å². The molecular weight excluding hydrogens is 324 g/mol. The molecule has 0 spiro atoms. The molecule has 0 aromatic heterocycles. The highest BCUT2D eigenvalue weighted by atomic mass is 16.2. The van der Waals surface area contributed by atoms with Crippen molar-refractivity contribution in [2.24, 2.45) is 0 Å². The van der Waals surface area contributed by atoms with Crippen LogP contribution >= 0.6 is 0 Å². The van der Waals surface area contributed by atoms with Crippen molar-refractivity contribution in [2.45, 2.75) is 13.3 Å². The van der Waals surface area contributed by atoms with E-state index in [0.717, 1.165) is 11.1 Å². The molecule has 0 atom stereocenters. The lowest BCUT2D eigenvalue weighted by Gasteiger charge is -2.11. The first-order valence-electron chi connectivity index (χ1n) is 8.42. The van der Waals surface area contributed by atoms with Crippen molar-refractivity contribution in [3.05, 3.63) is 95.6 Å². The van der Waals surface area contributed by atoms with E-state index < -0.39 is 0 Å². The van der Waals surface area contributed by atoms with Gasteiger partial charge in [0.1, 0.15) is 0 Å². The Kier molecular flexibility index (Phi) is 5.44. The second-order valence-electron chi connectivity index (χ2n) is 6.03. The number of nitrogens with one attached hydrogen (secondary N) is 2. The van der Waals surface area contributed by atoms with Gasteiger partial charge in [0.2, 0.25) is 5.91 Å². The fraction of sp³-hybridized carbons (Fsp3) is 0.0909. The number of benzene rings is 3. The van der Waals surface area contributed by atoms with E-state index in [0.29, 0.717) is 23.4 Å². The summed E-state index contributed by atoms with van der Waals surface area (Å²) in [6.07, 6.45) is 0.700. The molecule has 0 saturated carbocycles. The van der Waals surface area contributed by atoms with Gasteiger partial charge < -0.3 is 10.6 Å². The molecule has 0 unspecified atom stereocenters. The summed E-state index contributed by atoms with van der Waals surface area (Å²) in [5.74, 6) is -0.277. The normalized spacial score (nSPS) is 10.2. The molecule has 0 heterocycles. The fourth-order valence-corrected chi connectivity index (χ4v) is 2.75. The van der Waals surface area contributed by atoms with Gasteiger partial charge in [0.05, 0.1) is 0 Å². The number of hydrogen-bond acceptors (Lipinski definition) is 2. The third-order valence-electron chi connectivity index (χ3n) is 3.96. The molecule has 2 N–H and O–H groups in total. The minimum atomic E-state index is -0.149. The van der Waals surface area contributed by atoms with E-state index in [1.54, 1.807) is 24.3 Å². The molecule has 0 radical (unpaired) electrons. The lowest BCUT2D eigenvalue weighted by atomic mass is 9.99. The standard InChI is InChI=1S/C22H20N2O2/c1-16(25)23-19-11-13-20(14-12-19)24-22(26)21-10-6-5-9-18(21)15-17-7-3-2-4-8-17/h2-14H,15H2,1H3,(H,23,25)(H,24,26). The number of anilines is 2. The molecule has 0 fully saturated rings. The summed E-state index contributed by atoms with van der Waals surface area (Å²) in [6.45, 7) is 1.46. The van der Waals surface area contributed by atoms with Gasteiger partial charge in [-0.15, -0.1) is 0 Å². The summed E-state index contributed by atoms with van der Waals surface area (Å²) < 4.78 is 0. The summed E-state index contributed by atoms with van der Waals surface area (Å²) in [7, 11) is 0. The van der Waals surface area contributed by atoms with Crippen molar-refractivity contribution in [2.75, 3.05) is 10.6 Å². The van der Waals surface area contributed by atoms with Crippen molar-refractivity contribution in [3.8, 4) is 0 Å². The topological polar surface area (TPSA) is 58.2 Å². The average molecular weight is 344 g/mol. The molecular formula is C22H20N2O2. The lowest BCUT2D eigenvalue weighted by Crippen LogP contribution is -2.14. The second-order valence-corrected chi connectivity index (χ2v) is 6.03. The van der Waals surface area contributed by atoms with Crippen LogP contribution in [0.25, 0.3) is 0 Å². The SMILES string of the molecule is CC(=O)Nc1ccc(NC(=O)c2ccccc2Cc2ccccc2)cc1. The number of carbonyl (C=O) groups excluding carboxylic acids is 2. The zero-order chi connectivity index (χ0) is 18.4. The molecule has 3 rings (SSSR count). The number of rotatable bonds is 5. The maximum absolute atomic E-state index is 12.7. The van der Waals surface area contributed by atoms with E-state index in [1.807, 2.05) is 42.5 Å². The molecule has 3 aromatic carbocycles. The van der Waals surface area contributed by atoms with Gasteiger partial charge in [-0.3, -0.25) is 9.59 Å².